The maximum absolute atomic E-state index is 12.8. The van der Waals surface area contributed by atoms with Gasteiger partial charge in [-0.1, -0.05) is 11.3 Å². The van der Waals surface area contributed by atoms with E-state index in [1.165, 1.54) is 29.9 Å². The molecule has 2 aromatic heterocycles. The third-order valence-corrected chi connectivity index (χ3v) is 8.66. The van der Waals surface area contributed by atoms with Gasteiger partial charge in [-0.3, -0.25) is 4.68 Å². The molecule has 4 rings (SSSR count). The molecule has 1 fully saturated rings. The Kier molecular flexibility index (Phi) is 5.93. The highest BCUT2D eigenvalue weighted by Gasteiger charge is 2.48. The van der Waals surface area contributed by atoms with Crippen molar-refractivity contribution in [3.8, 4) is 0 Å². The van der Waals surface area contributed by atoms with Crippen molar-refractivity contribution >= 4 is 46.7 Å². The third kappa shape index (κ3) is 4.98. The summed E-state index contributed by atoms with van der Waals surface area (Å²) in [6.45, 7) is -0.361. The summed E-state index contributed by atoms with van der Waals surface area (Å²) in [5, 5.41) is 12.3. The van der Waals surface area contributed by atoms with Gasteiger partial charge in [-0.2, -0.15) is 18.3 Å². The smallest absolute Gasteiger partial charge is 0.359 e. The van der Waals surface area contributed by atoms with Crippen LogP contribution in [0.25, 0.3) is 10.2 Å². The van der Waals surface area contributed by atoms with E-state index in [4.69, 9.17) is 5.14 Å². The lowest BCUT2D eigenvalue weighted by Gasteiger charge is -2.36. The van der Waals surface area contributed by atoms with Crippen LogP contribution in [0.5, 0.6) is 0 Å². The largest absolute Gasteiger partial charge is 0.391 e. The number of nitrogens with two attached hydrogens (primary N) is 1. The third-order valence-electron chi connectivity index (χ3n) is 5.36. The van der Waals surface area contributed by atoms with Crippen LogP contribution in [-0.2, 0) is 33.6 Å². The van der Waals surface area contributed by atoms with E-state index in [-0.39, 0.29) is 40.9 Å². The number of aryl methyl sites for hydroxylation is 1. The Hall–Kier alpha value is -2.27. The lowest BCUT2D eigenvalue weighted by Crippen LogP contribution is -2.43. The Morgan fingerprint density at radius 1 is 1.24 bits per heavy atom. The summed E-state index contributed by atoms with van der Waals surface area (Å²) in [7, 11) is -6.66. The summed E-state index contributed by atoms with van der Waals surface area (Å²) in [5.41, 5.74) is 0.570. The molecule has 0 aliphatic heterocycles. The number of sulfonamides is 2. The van der Waals surface area contributed by atoms with Crippen molar-refractivity contribution in [3.63, 3.8) is 0 Å². The molecule has 1 aromatic carbocycles. The van der Waals surface area contributed by atoms with Crippen molar-refractivity contribution in [3.05, 3.63) is 30.1 Å². The number of thiazole rings is 1. The lowest BCUT2D eigenvalue weighted by atomic mass is 9.80. The highest BCUT2D eigenvalue weighted by Crippen LogP contribution is 2.42. The number of hydrogen-bond acceptors (Lipinski definition) is 8. The van der Waals surface area contributed by atoms with Crippen LogP contribution >= 0.6 is 11.3 Å². The van der Waals surface area contributed by atoms with E-state index in [0.717, 1.165) is 17.5 Å². The minimum atomic E-state index is -4.20. The van der Waals surface area contributed by atoms with Crippen molar-refractivity contribution in [2.75, 3.05) is 5.32 Å². The molecule has 0 unspecified atom stereocenters. The van der Waals surface area contributed by atoms with Crippen molar-refractivity contribution in [2.45, 2.75) is 41.4 Å². The summed E-state index contributed by atoms with van der Waals surface area (Å²) in [6, 6.07) is 3.88. The Bertz CT molecular complexity index is 1410. The van der Waals surface area contributed by atoms with Crippen LogP contribution in [0.15, 0.2) is 34.2 Å². The lowest BCUT2D eigenvalue weighted by molar-refractivity contribution is -0.195. The fourth-order valence-corrected chi connectivity index (χ4v) is 6.24. The quantitative estimate of drug-likeness (QED) is 0.427. The van der Waals surface area contributed by atoms with Gasteiger partial charge in [0.15, 0.2) is 5.13 Å². The van der Waals surface area contributed by atoms with Crippen molar-refractivity contribution in [2.24, 2.45) is 18.1 Å². The molecule has 16 heteroatoms. The van der Waals surface area contributed by atoms with E-state index in [0.29, 0.717) is 15.3 Å². The zero-order valence-corrected chi connectivity index (χ0v) is 19.4. The molecule has 4 N–H and O–H groups in total. The average molecular weight is 525 g/mol. The Labute approximate surface area is 191 Å². The van der Waals surface area contributed by atoms with Gasteiger partial charge >= 0.3 is 6.18 Å². The number of benzene rings is 1. The number of fused-ring (bicyclic) bond motifs is 1. The zero-order chi connectivity index (χ0) is 24.2. The number of primary sulfonamides is 1. The van der Waals surface area contributed by atoms with Gasteiger partial charge in [-0.05, 0) is 31.0 Å². The fraction of sp³-hybridized carbons (Fsp3) is 0.412. The Morgan fingerprint density at radius 3 is 2.58 bits per heavy atom. The molecule has 0 bridgehead atoms. The molecule has 0 amide bonds. The van der Waals surface area contributed by atoms with Gasteiger partial charge in [0.1, 0.15) is 4.90 Å². The second-order valence-electron chi connectivity index (χ2n) is 7.65. The minimum Gasteiger partial charge on any atom is -0.359 e. The first-order chi connectivity index (χ1) is 15.2. The first-order valence-electron chi connectivity index (χ1n) is 9.51. The van der Waals surface area contributed by atoms with Crippen LogP contribution in [-0.4, -0.2) is 43.8 Å². The topological polar surface area (TPSA) is 149 Å². The first kappa shape index (κ1) is 23.9. The van der Waals surface area contributed by atoms with E-state index in [2.05, 4.69) is 20.1 Å². The molecule has 0 saturated heterocycles. The summed E-state index contributed by atoms with van der Waals surface area (Å²) >= 11 is 1.13. The maximum atomic E-state index is 12.8. The second-order valence-corrected chi connectivity index (χ2v) is 12.0. The number of alkyl halides is 3. The van der Waals surface area contributed by atoms with E-state index < -0.39 is 32.1 Å². The monoisotopic (exact) mass is 524 g/mol. The van der Waals surface area contributed by atoms with E-state index in [1.807, 2.05) is 0 Å². The molecule has 2 heterocycles. The van der Waals surface area contributed by atoms with Gasteiger partial charge in [-0.25, -0.2) is 31.7 Å². The summed E-state index contributed by atoms with van der Waals surface area (Å²) in [5.74, 6) is -1.32. The van der Waals surface area contributed by atoms with Gasteiger partial charge < -0.3 is 5.32 Å². The van der Waals surface area contributed by atoms with Gasteiger partial charge in [0, 0.05) is 13.1 Å². The van der Waals surface area contributed by atoms with E-state index >= 15 is 0 Å². The van der Waals surface area contributed by atoms with E-state index in [9.17, 15) is 30.0 Å². The number of nitrogens with one attached hydrogen (secondary N) is 2. The molecule has 0 atom stereocenters. The number of anilines is 1. The highest BCUT2D eigenvalue weighted by atomic mass is 32.2. The van der Waals surface area contributed by atoms with Crippen LogP contribution < -0.4 is 15.2 Å². The molecule has 1 aliphatic rings. The van der Waals surface area contributed by atoms with Crippen LogP contribution in [0.3, 0.4) is 0 Å². The molecule has 3 aromatic rings. The average Bonchev–Trinajstić information content (AvgIpc) is 3.23. The molecule has 0 radical (unpaired) electrons. The minimum absolute atomic E-state index is 0.0303. The van der Waals surface area contributed by atoms with Crippen LogP contribution in [0, 0.1) is 5.92 Å². The number of halogens is 3. The number of rotatable bonds is 7. The highest BCUT2D eigenvalue weighted by molar-refractivity contribution is 7.89. The first-order valence-corrected chi connectivity index (χ1v) is 13.4. The van der Waals surface area contributed by atoms with Crippen LogP contribution in [0.1, 0.15) is 18.5 Å². The van der Waals surface area contributed by atoms with Gasteiger partial charge in [-0.15, -0.1) is 0 Å². The normalized spacial score (nSPS) is 19.5. The predicted octanol–water partition coefficient (Wildman–Crippen LogP) is 1.91. The van der Waals surface area contributed by atoms with Gasteiger partial charge in [0.05, 0.1) is 39.5 Å². The molecule has 1 saturated carbocycles. The Balaban J connectivity index is 1.48. The molecule has 10 nitrogen and oxygen atoms in total. The SMILES string of the molecule is Cn1ncc(S(N)(=O)=O)c1CNS(=O)(=O)c1ccc2nc(NC3CC(C(F)(F)F)C3)sc2c1. The van der Waals surface area contributed by atoms with Crippen LogP contribution in [0.4, 0.5) is 18.3 Å². The molecular weight excluding hydrogens is 505 g/mol. The maximum Gasteiger partial charge on any atom is 0.391 e. The van der Waals surface area contributed by atoms with Crippen molar-refractivity contribution in [1.29, 1.82) is 0 Å². The standard InChI is InChI=1S/C17H19F3N6O4S3/c1-26-13(15(8-22-26)32(21,27)28)7-23-33(29,30)11-2-3-12-14(6-11)31-16(25-12)24-10-4-9(5-10)17(18,19)20/h2-3,6,8-10,23H,4-5,7H2,1H3,(H,24,25)(H2,21,27,28). The number of hydrogen-bond donors (Lipinski definition) is 3. The zero-order valence-electron chi connectivity index (χ0n) is 17.0. The van der Waals surface area contributed by atoms with E-state index in [1.54, 1.807) is 0 Å². The summed E-state index contributed by atoms with van der Waals surface area (Å²) in [6.07, 6.45) is -3.22. The van der Waals surface area contributed by atoms with Crippen LogP contribution in [0.2, 0.25) is 0 Å². The van der Waals surface area contributed by atoms with Crippen molar-refractivity contribution in [1.82, 2.24) is 19.5 Å². The van der Waals surface area contributed by atoms with Crippen molar-refractivity contribution < 1.29 is 30.0 Å². The molecular formula is C17H19F3N6O4S3. The number of nitrogens with zero attached hydrogens (tertiary/aromatic N) is 3. The summed E-state index contributed by atoms with van der Waals surface area (Å²) < 4.78 is 90.8. The Morgan fingerprint density at radius 2 is 1.94 bits per heavy atom. The summed E-state index contributed by atoms with van der Waals surface area (Å²) in [4.78, 5) is 3.94. The molecule has 180 valence electrons. The van der Waals surface area contributed by atoms with Gasteiger partial charge in [0.25, 0.3) is 0 Å². The fourth-order valence-electron chi connectivity index (χ4n) is 3.44. The predicted molar refractivity (Wildman–Crippen MR) is 114 cm³/mol. The molecule has 0 spiro atoms. The number of aromatic nitrogens is 3. The van der Waals surface area contributed by atoms with Gasteiger partial charge in [0.2, 0.25) is 20.0 Å². The molecule has 33 heavy (non-hydrogen) atoms. The molecule has 1 aliphatic carbocycles. The second kappa shape index (κ2) is 8.19.